The van der Waals surface area contributed by atoms with Gasteiger partial charge in [0.05, 0.1) is 0 Å². The van der Waals surface area contributed by atoms with Crippen molar-refractivity contribution in [1.82, 2.24) is 4.90 Å². The second kappa shape index (κ2) is 9.74. The summed E-state index contributed by atoms with van der Waals surface area (Å²) in [4.78, 5) is 19.2. The Morgan fingerprint density at radius 2 is 1.87 bits per heavy atom. The van der Waals surface area contributed by atoms with E-state index in [0.717, 1.165) is 31.2 Å². The average molecular weight is 424 g/mol. The zero-order valence-electron chi connectivity index (χ0n) is 17.9. The molecule has 0 bridgehead atoms. The number of hydrogen-bond acceptors (Lipinski definition) is 3. The van der Waals surface area contributed by atoms with Crippen LogP contribution in [0.4, 0.5) is 8.78 Å². The van der Waals surface area contributed by atoms with Crippen LogP contribution in [0.5, 0.6) is 0 Å². The van der Waals surface area contributed by atoms with E-state index in [2.05, 4.69) is 23.8 Å². The first-order chi connectivity index (χ1) is 14.9. The van der Waals surface area contributed by atoms with Crippen molar-refractivity contribution in [2.45, 2.75) is 51.0 Å². The van der Waals surface area contributed by atoms with Crippen LogP contribution in [0, 0.1) is 11.8 Å². The highest BCUT2D eigenvalue weighted by Crippen LogP contribution is 2.39. The van der Waals surface area contributed by atoms with E-state index < -0.39 is 12.0 Å². The topological polar surface area (TPSA) is 58.7 Å². The molecule has 0 aliphatic carbocycles. The summed E-state index contributed by atoms with van der Waals surface area (Å²) in [5.74, 6) is 6.17. The number of carbonyl (C=O) groups excluding carboxylic acids is 1. The molecule has 1 unspecified atom stereocenters. The van der Waals surface area contributed by atoms with Crippen LogP contribution < -0.4 is 5.73 Å². The molecule has 2 N–H and O–H groups in total. The van der Waals surface area contributed by atoms with Gasteiger partial charge in [-0.15, -0.1) is 0 Å². The largest absolute Gasteiger partial charge is 0.369 e. The standard InChI is InChI=1S/C25H27F2N3O/c1-3-4-5-6-7-9-18-10-8-11-21(16-18)25(23(31)30(2)24(28)29-25)20-14-12-19(13-15-20)17-22(26)27/h8,10-16,22H,3-6,17H2,1-2H3,(H2,28,29). The van der Waals surface area contributed by atoms with E-state index >= 15 is 0 Å². The van der Waals surface area contributed by atoms with Crippen LogP contribution in [-0.4, -0.2) is 30.2 Å². The maximum atomic E-state index is 13.3. The van der Waals surface area contributed by atoms with Crippen molar-refractivity contribution in [1.29, 1.82) is 0 Å². The summed E-state index contributed by atoms with van der Waals surface area (Å²) in [6.07, 6.45) is 1.40. The molecule has 0 aromatic heterocycles. The number of likely N-dealkylation sites (N-methyl/N-ethyl adjacent to an activating group) is 1. The Bertz CT molecular complexity index is 1020. The summed E-state index contributed by atoms with van der Waals surface area (Å²) < 4.78 is 25.5. The number of nitrogens with zero attached hydrogens (tertiary/aromatic N) is 2. The molecular formula is C25H27F2N3O. The van der Waals surface area contributed by atoms with Gasteiger partial charge in [-0.25, -0.2) is 13.8 Å². The van der Waals surface area contributed by atoms with Crippen LogP contribution in [0.2, 0.25) is 0 Å². The van der Waals surface area contributed by atoms with E-state index in [-0.39, 0.29) is 18.3 Å². The minimum absolute atomic E-state index is 0.109. The van der Waals surface area contributed by atoms with Gasteiger partial charge < -0.3 is 5.73 Å². The highest BCUT2D eigenvalue weighted by atomic mass is 19.3. The summed E-state index contributed by atoms with van der Waals surface area (Å²) in [7, 11) is 1.57. The van der Waals surface area contributed by atoms with E-state index in [9.17, 15) is 13.6 Å². The summed E-state index contributed by atoms with van der Waals surface area (Å²) in [5.41, 5.74) is 7.16. The van der Waals surface area contributed by atoms with Crippen LogP contribution in [0.25, 0.3) is 0 Å². The molecule has 0 fully saturated rings. The van der Waals surface area contributed by atoms with E-state index in [4.69, 9.17) is 5.73 Å². The average Bonchev–Trinajstić information content (AvgIpc) is 2.99. The van der Waals surface area contributed by atoms with Crippen molar-refractivity contribution in [3.63, 3.8) is 0 Å². The molecule has 3 rings (SSSR count). The van der Waals surface area contributed by atoms with E-state index in [1.165, 1.54) is 4.90 Å². The normalized spacial score (nSPS) is 18.2. The van der Waals surface area contributed by atoms with Gasteiger partial charge in [0.15, 0.2) is 11.5 Å². The molecule has 1 heterocycles. The molecule has 162 valence electrons. The van der Waals surface area contributed by atoms with Crippen LogP contribution in [-0.2, 0) is 16.8 Å². The third-order valence-electron chi connectivity index (χ3n) is 5.42. The monoisotopic (exact) mass is 423 g/mol. The number of rotatable bonds is 7. The van der Waals surface area contributed by atoms with Crippen LogP contribution in [0.1, 0.15) is 54.9 Å². The number of nitrogens with two attached hydrogens (primary N) is 1. The molecule has 1 atom stereocenters. The molecule has 0 radical (unpaired) electrons. The van der Waals surface area contributed by atoms with E-state index in [0.29, 0.717) is 16.7 Å². The highest BCUT2D eigenvalue weighted by Gasteiger charge is 2.49. The second-order valence-electron chi connectivity index (χ2n) is 7.68. The summed E-state index contributed by atoms with van der Waals surface area (Å²) in [5, 5.41) is 0. The van der Waals surface area contributed by atoms with Gasteiger partial charge >= 0.3 is 0 Å². The fourth-order valence-electron chi connectivity index (χ4n) is 3.69. The molecule has 4 nitrogen and oxygen atoms in total. The second-order valence-corrected chi connectivity index (χ2v) is 7.68. The molecule has 31 heavy (non-hydrogen) atoms. The van der Waals surface area contributed by atoms with Crippen LogP contribution in [0.15, 0.2) is 53.5 Å². The summed E-state index contributed by atoms with van der Waals surface area (Å²) in [6, 6.07) is 14.0. The van der Waals surface area contributed by atoms with Gasteiger partial charge in [-0.2, -0.15) is 0 Å². The van der Waals surface area contributed by atoms with Crippen molar-refractivity contribution >= 4 is 11.9 Å². The number of benzene rings is 2. The van der Waals surface area contributed by atoms with E-state index in [1.54, 1.807) is 31.3 Å². The molecule has 2 aromatic carbocycles. The number of alkyl halides is 2. The fourth-order valence-corrected chi connectivity index (χ4v) is 3.69. The van der Waals surface area contributed by atoms with Crippen molar-refractivity contribution in [2.24, 2.45) is 10.7 Å². The Morgan fingerprint density at radius 3 is 2.48 bits per heavy atom. The lowest BCUT2D eigenvalue weighted by Crippen LogP contribution is -2.41. The van der Waals surface area contributed by atoms with Gasteiger partial charge in [-0.3, -0.25) is 9.69 Å². The Labute approximate surface area is 182 Å². The quantitative estimate of drug-likeness (QED) is 0.528. The highest BCUT2D eigenvalue weighted by molar-refractivity contribution is 6.08. The van der Waals surface area contributed by atoms with Gasteiger partial charge in [0.25, 0.3) is 5.91 Å². The van der Waals surface area contributed by atoms with Crippen molar-refractivity contribution in [3.05, 3.63) is 70.8 Å². The molecule has 6 heteroatoms. The molecule has 0 saturated carbocycles. The van der Waals surface area contributed by atoms with Crippen LogP contribution >= 0.6 is 0 Å². The minimum atomic E-state index is -2.43. The SMILES string of the molecule is CCCCCC#Cc1cccc(C2(c3ccc(CC(F)F)cc3)N=C(N)N(C)C2=O)c1. The molecule has 0 spiro atoms. The first-order valence-corrected chi connectivity index (χ1v) is 10.5. The van der Waals surface area contributed by atoms with Crippen molar-refractivity contribution in [2.75, 3.05) is 7.05 Å². The first kappa shape index (κ1) is 22.5. The molecule has 1 aliphatic rings. The number of hydrogen-bond donors (Lipinski definition) is 1. The Balaban J connectivity index is 2.02. The maximum Gasteiger partial charge on any atom is 0.266 e. The molecule has 1 amide bonds. The lowest BCUT2D eigenvalue weighted by atomic mass is 9.82. The lowest BCUT2D eigenvalue weighted by Gasteiger charge is -2.26. The molecular weight excluding hydrogens is 396 g/mol. The van der Waals surface area contributed by atoms with Gasteiger partial charge in [0.2, 0.25) is 6.43 Å². The molecule has 2 aromatic rings. The third-order valence-corrected chi connectivity index (χ3v) is 5.42. The third kappa shape index (κ3) is 4.77. The minimum Gasteiger partial charge on any atom is -0.369 e. The zero-order chi connectivity index (χ0) is 22.4. The summed E-state index contributed by atoms with van der Waals surface area (Å²) >= 11 is 0. The fraction of sp³-hybridized carbons (Fsp3) is 0.360. The van der Waals surface area contributed by atoms with Gasteiger partial charge in [-0.05, 0) is 35.2 Å². The lowest BCUT2D eigenvalue weighted by molar-refractivity contribution is -0.129. The van der Waals surface area contributed by atoms with Gasteiger partial charge in [0, 0.05) is 25.5 Å². The van der Waals surface area contributed by atoms with Gasteiger partial charge in [-0.1, -0.05) is 68.0 Å². The van der Waals surface area contributed by atoms with E-state index in [1.807, 2.05) is 24.3 Å². The molecule has 0 saturated heterocycles. The van der Waals surface area contributed by atoms with Crippen molar-refractivity contribution in [3.8, 4) is 11.8 Å². The number of amides is 1. The maximum absolute atomic E-state index is 13.3. The first-order valence-electron chi connectivity index (χ1n) is 10.5. The van der Waals surface area contributed by atoms with Crippen LogP contribution in [0.3, 0.4) is 0 Å². The number of halogens is 2. The molecule has 1 aliphatic heterocycles. The Hall–Kier alpha value is -3.20. The van der Waals surface area contributed by atoms with Gasteiger partial charge in [0.1, 0.15) is 0 Å². The number of guanidine groups is 1. The smallest absolute Gasteiger partial charge is 0.266 e. The van der Waals surface area contributed by atoms with Crippen molar-refractivity contribution < 1.29 is 13.6 Å². The number of unbranched alkanes of at least 4 members (excludes halogenated alkanes) is 3. The zero-order valence-corrected chi connectivity index (χ0v) is 17.9. The number of aliphatic imine (C=N–C) groups is 1. The Morgan fingerprint density at radius 1 is 1.13 bits per heavy atom. The number of carbonyl (C=O) groups is 1. The Kier molecular flexibility index (Phi) is 7.06. The predicted molar refractivity (Wildman–Crippen MR) is 119 cm³/mol. The summed E-state index contributed by atoms with van der Waals surface area (Å²) in [6.45, 7) is 2.15. The predicted octanol–water partition coefficient (Wildman–Crippen LogP) is 4.46.